The average Bonchev–Trinajstić information content (AvgIpc) is 3.78. The quantitative estimate of drug-likeness (QED) is 0.161. The van der Waals surface area contributed by atoms with Gasteiger partial charge in [0, 0.05) is 39.2 Å². The van der Waals surface area contributed by atoms with E-state index in [1.807, 2.05) is 12.1 Å². The molecule has 1 aliphatic carbocycles. The Hall–Kier alpha value is -7.42. The summed E-state index contributed by atoms with van der Waals surface area (Å²) in [6.45, 7) is 4.72. The van der Waals surface area contributed by atoms with Crippen LogP contribution in [0.5, 0.6) is 0 Å². The van der Waals surface area contributed by atoms with Gasteiger partial charge in [0.1, 0.15) is 11.2 Å². The van der Waals surface area contributed by atoms with Crippen molar-refractivity contribution in [1.82, 2.24) is 0 Å². The van der Waals surface area contributed by atoms with E-state index in [1.54, 1.807) is 0 Å². The minimum Gasteiger partial charge on any atom is -0.456 e. The van der Waals surface area contributed by atoms with E-state index in [-0.39, 0.29) is 5.41 Å². The zero-order valence-corrected chi connectivity index (χ0v) is 33.1. The van der Waals surface area contributed by atoms with Crippen molar-refractivity contribution in [3.63, 3.8) is 0 Å². The van der Waals surface area contributed by atoms with Gasteiger partial charge in [-0.1, -0.05) is 184 Å². The second-order valence-electron chi connectivity index (χ2n) is 16.0. The van der Waals surface area contributed by atoms with Gasteiger partial charge in [-0.05, 0) is 97.6 Å². The van der Waals surface area contributed by atoms with Crippen LogP contribution in [0.1, 0.15) is 25.0 Å². The van der Waals surface area contributed by atoms with Crippen LogP contribution in [0.4, 0.5) is 17.1 Å². The molecule has 0 N–H and O–H groups in total. The van der Waals surface area contributed by atoms with E-state index in [1.165, 1.54) is 55.6 Å². The molecule has 0 unspecified atom stereocenters. The lowest BCUT2D eigenvalue weighted by atomic mass is 9.79. The minimum atomic E-state index is -0.117. The second-order valence-corrected chi connectivity index (χ2v) is 16.0. The molecule has 10 aromatic rings. The fourth-order valence-corrected chi connectivity index (χ4v) is 9.60. The van der Waals surface area contributed by atoms with E-state index in [0.717, 1.165) is 50.1 Å². The lowest BCUT2D eigenvalue weighted by Crippen LogP contribution is -2.16. The van der Waals surface area contributed by atoms with E-state index in [9.17, 15) is 0 Å². The van der Waals surface area contributed by atoms with Crippen molar-refractivity contribution in [3.05, 3.63) is 223 Å². The van der Waals surface area contributed by atoms with Gasteiger partial charge in [-0.2, -0.15) is 0 Å². The third-order valence-corrected chi connectivity index (χ3v) is 12.3. The highest BCUT2D eigenvalue weighted by Gasteiger charge is 2.37. The Labute approximate surface area is 345 Å². The number of furan rings is 1. The smallest absolute Gasteiger partial charge is 0.137 e. The maximum Gasteiger partial charge on any atom is 0.137 e. The van der Waals surface area contributed by atoms with Gasteiger partial charge in [0.15, 0.2) is 0 Å². The molecule has 0 saturated carbocycles. The zero-order valence-electron chi connectivity index (χ0n) is 33.1. The molecule has 0 bridgehead atoms. The third-order valence-electron chi connectivity index (χ3n) is 12.3. The zero-order chi connectivity index (χ0) is 39.5. The first-order valence-corrected chi connectivity index (χ1v) is 20.4. The Bertz CT molecular complexity index is 3170. The summed E-state index contributed by atoms with van der Waals surface area (Å²) in [7, 11) is 0. The molecule has 280 valence electrons. The maximum atomic E-state index is 6.54. The highest BCUT2D eigenvalue weighted by molar-refractivity contribution is 6.07. The molecule has 1 heterocycles. The van der Waals surface area contributed by atoms with Gasteiger partial charge >= 0.3 is 0 Å². The first-order valence-electron chi connectivity index (χ1n) is 20.4. The van der Waals surface area contributed by atoms with Crippen molar-refractivity contribution < 1.29 is 4.42 Å². The summed E-state index contributed by atoms with van der Waals surface area (Å²) in [4.78, 5) is 2.41. The van der Waals surface area contributed by atoms with E-state index in [0.29, 0.717) is 0 Å². The van der Waals surface area contributed by atoms with E-state index in [2.05, 4.69) is 219 Å². The van der Waals surface area contributed by atoms with Gasteiger partial charge in [-0.25, -0.2) is 0 Å². The SMILES string of the molecule is CC1(C)c2ccccc2-c2cccc(-c3ccc(N(c4ccc5c(c4)oc4ccccc45)c4cccc(-c5ccccc5)c4-c4ccccc4-c4ccccc4)cc3)c21. The summed E-state index contributed by atoms with van der Waals surface area (Å²) in [6.07, 6.45) is 0. The Morgan fingerprint density at radius 1 is 0.373 bits per heavy atom. The molecule has 0 amide bonds. The summed E-state index contributed by atoms with van der Waals surface area (Å²) in [5.41, 5.74) is 19.7. The first-order chi connectivity index (χ1) is 29.0. The number of fused-ring (bicyclic) bond motifs is 6. The van der Waals surface area contributed by atoms with Crippen LogP contribution in [0.15, 0.2) is 217 Å². The van der Waals surface area contributed by atoms with Gasteiger partial charge in [0.2, 0.25) is 0 Å². The Balaban J connectivity index is 1.15. The number of hydrogen-bond donors (Lipinski definition) is 0. The molecular formula is C57H41NO. The van der Waals surface area contributed by atoms with Crippen LogP contribution in [-0.2, 0) is 5.41 Å². The van der Waals surface area contributed by atoms with Crippen LogP contribution in [0.2, 0.25) is 0 Å². The molecule has 0 spiro atoms. The number of para-hydroxylation sites is 1. The van der Waals surface area contributed by atoms with Gasteiger partial charge < -0.3 is 9.32 Å². The van der Waals surface area contributed by atoms with Gasteiger partial charge in [-0.3, -0.25) is 0 Å². The van der Waals surface area contributed by atoms with Gasteiger partial charge in [-0.15, -0.1) is 0 Å². The summed E-state index contributed by atoms with van der Waals surface area (Å²) < 4.78 is 6.54. The molecule has 0 atom stereocenters. The van der Waals surface area contributed by atoms with Crippen molar-refractivity contribution in [3.8, 4) is 55.6 Å². The lowest BCUT2D eigenvalue weighted by molar-refractivity contribution is 0.662. The van der Waals surface area contributed by atoms with E-state index in [4.69, 9.17) is 4.42 Å². The average molecular weight is 756 g/mol. The number of anilines is 3. The van der Waals surface area contributed by atoms with Crippen LogP contribution in [-0.4, -0.2) is 0 Å². The molecule has 0 radical (unpaired) electrons. The summed E-state index contributed by atoms with van der Waals surface area (Å²) in [5.74, 6) is 0. The fraction of sp³-hybridized carbons (Fsp3) is 0.0526. The van der Waals surface area contributed by atoms with Crippen LogP contribution >= 0.6 is 0 Å². The molecule has 2 nitrogen and oxygen atoms in total. The molecule has 9 aromatic carbocycles. The predicted molar refractivity (Wildman–Crippen MR) is 248 cm³/mol. The minimum absolute atomic E-state index is 0.117. The lowest BCUT2D eigenvalue weighted by Gasteiger charge is -2.30. The third kappa shape index (κ3) is 5.71. The summed E-state index contributed by atoms with van der Waals surface area (Å²) >= 11 is 0. The molecule has 59 heavy (non-hydrogen) atoms. The van der Waals surface area contributed by atoms with Crippen LogP contribution in [0.25, 0.3) is 77.6 Å². The monoisotopic (exact) mass is 755 g/mol. The molecule has 11 rings (SSSR count). The number of rotatable bonds is 7. The number of hydrogen-bond acceptors (Lipinski definition) is 2. The first kappa shape index (κ1) is 34.8. The normalized spacial score (nSPS) is 12.7. The summed E-state index contributed by atoms with van der Waals surface area (Å²) in [6, 6.07) is 76.8. The Morgan fingerprint density at radius 2 is 0.915 bits per heavy atom. The van der Waals surface area contributed by atoms with Crippen molar-refractivity contribution in [2.75, 3.05) is 4.90 Å². The topological polar surface area (TPSA) is 16.4 Å². The summed E-state index contributed by atoms with van der Waals surface area (Å²) in [5, 5.41) is 2.22. The predicted octanol–water partition coefficient (Wildman–Crippen LogP) is 16.0. The molecule has 1 aliphatic rings. The van der Waals surface area contributed by atoms with Crippen LogP contribution in [0.3, 0.4) is 0 Å². The van der Waals surface area contributed by atoms with Crippen LogP contribution in [0, 0.1) is 0 Å². The Kier molecular flexibility index (Phi) is 8.20. The van der Waals surface area contributed by atoms with Crippen LogP contribution < -0.4 is 4.90 Å². The van der Waals surface area contributed by atoms with E-state index < -0.39 is 0 Å². The van der Waals surface area contributed by atoms with Crippen molar-refractivity contribution >= 4 is 39.0 Å². The molecule has 0 fully saturated rings. The maximum absolute atomic E-state index is 6.54. The standard InChI is InChI=1S/C57H41NO/c1-57(2)51-28-13-11-22-46(51)50-27-15-26-45(56(50)57)40-31-33-41(34-32-40)58(42-35-36-48-47-23-12-14-30-53(47)59-54(48)37-42)52-29-16-25-44(39-19-7-4-8-20-39)55(52)49-24-10-9-21-43(49)38-17-5-3-6-18-38/h3-37H,1-2H3. The molecule has 2 heteroatoms. The van der Waals surface area contributed by atoms with Crippen molar-refractivity contribution in [2.24, 2.45) is 0 Å². The van der Waals surface area contributed by atoms with Crippen molar-refractivity contribution in [2.45, 2.75) is 19.3 Å². The van der Waals surface area contributed by atoms with E-state index >= 15 is 0 Å². The van der Waals surface area contributed by atoms with Gasteiger partial charge in [0.25, 0.3) is 0 Å². The molecule has 0 aliphatic heterocycles. The largest absolute Gasteiger partial charge is 0.456 e. The fourth-order valence-electron chi connectivity index (χ4n) is 9.60. The van der Waals surface area contributed by atoms with Gasteiger partial charge in [0.05, 0.1) is 5.69 Å². The molecule has 1 aromatic heterocycles. The highest BCUT2D eigenvalue weighted by Crippen LogP contribution is 2.53. The Morgan fingerprint density at radius 3 is 1.69 bits per heavy atom. The molecule has 0 saturated heterocycles. The molecular weight excluding hydrogens is 715 g/mol. The number of nitrogens with zero attached hydrogens (tertiary/aromatic N) is 1. The number of benzene rings is 9. The van der Waals surface area contributed by atoms with Crippen molar-refractivity contribution in [1.29, 1.82) is 0 Å². The second kappa shape index (κ2) is 13.9. The highest BCUT2D eigenvalue weighted by atomic mass is 16.3.